The van der Waals surface area contributed by atoms with Crippen LogP contribution in [0.2, 0.25) is 0 Å². The van der Waals surface area contributed by atoms with Crippen molar-refractivity contribution in [1.82, 2.24) is 4.98 Å². The van der Waals surface area contributed by atoms with Gasteiger partial charge in [0.05, 0.1) is 17.6 Å². The Hall–Kier alpha value is -0.940. The van der Waals surface area contributed by atoms with E-state index in [-0.39, 0.29) is 5.97 Å². The molecule has 2 N–H and O–H groups in total. The molecule has 0 bridgehead atoms. The molecule has 0 radical (unpaired) electrons. The Balaban J connectivity index is 2.27. The van der Waals surface area contributed by atoms with Crippen LogP contribution in [0.3, 0.4) is 0 Å². The fourth-order valence-corrected chi connectivity index (χ4v) is 1.81. The Labute approximate surface area is 87.1 Å². The van der Waals surface area contributed by atoms with Crippen LogP contribution in [0.5, 0.6) is 0 Å². The maximum Gasteiger partial charge on any atom is 0.306 e. The van der Waals surface area contributed by atoms with Crippen molar-refractivity contribution < 1.29 is 9.53 Å². The molecule has 78 valence electrons. The maximum absolute atomic E-state index is 11.1. The summed E-state index contributed by atoms with van der Waals surface area (Å²) in [5.41, 5.74) is 8.00. The molecule has 1 aromatic heterocycles. The fraction of sp³-hybridized carbons (Fsp3) is 0.556. The molecular formula is C9H14N2O2S. The van der Waals surface area contributed by atoms with Gasteiger partial charge in [-0.15, -0.1) is 11.3 Å². The van der Waals surface area contributed by atoms with Gasteiger partial charge in [0.15, 0.2) is 0 Å². The van der Waals surface area contributed by atoms with E-state index in [0.717, 1.165) is 10.6 Å². The number of thiazole rings is 1. The summed E-state index contributed by atoms with van der Waals surface area (Å²) < 4.78 is 4.85. The molecule has 0 atom stereocenters. The van der Waals surface area contributed by atoms with Gasteiger partial charge in [0.25, 0.3) is 0 Å². The van der Waals surface area contributed by atoms with E-state index in [9.17, 15) is 4.79 Å². The normalized spacial score (nSPS) is 10.1. The van der Waals surface area contributed by atoms with E-state index in [1.807, 2.05) is 6.92 Å². The summed E-state index contributed by atoms with van der Waals surface area (Å²) in [6, 6.07) is 0. The summed E-state index contributed by atoms with van der Waals surface area (Å²) in [7, 11) is 0. The van der Waals surface area contributed by atoms with Gasteiger partial charge in [-0.05, 0) is 13.3 Å². The lowest BCUT2D eigenvalue weighted by atomic mass is 10.2. The number of esters is 1. The maximum atomic E-state index is 11.1. The van der Waals surface area contributed by atoms with Crippen LogP contribution in [-0.2, 0) is 16.0 Å². The average molecular weight is 214 g/mol. The standard InChI is InChI=1S/C9H14N2O2S/c1-7-8(14-6-11-7)2-3-9(12)13-5-4-10/h6H,2-5,10H2,1H3. The van der Waals surface area contributed by atoms with Gasteiger partial charge in [-0.2, -0.15) is 0 Å². The molecular weight excluding hydrogens is 200 g/mol. The van der Waals surface area contributed by atoms with Gasteiger partial charge >= 0.3 is 5.97 Å². The van der Waals surface area contributed by atoms with Crippen molar-refractivity contribution >= 4 is 17.3 Å². The molecule has 0 amide bonds. The van der Waals surface area contributed by atoms with E-state index in [0.29, 0.717) is 26.0 Å². The number of carbonyl (C=O) groups excluding carboxylic acids is 1. The second-order valence-corrected chi connectivity index (χ2v) is 3.81. The molecule has 1 rings (SSSR count). The summed E-state index contributed by atoms with van der Waals surface area (Å²) in [6.07, 6.45) is 1.11. The van der Waals surface area contributed by atoms with E-state index >= 15 is 0 Å². The number of rotatable bonds is 5. The van der Waals surface area contributed by atoms with Crippen molar-refractivity contribution in [3.05, 3.63) is 16.1 Å². The van der Waals surface area contributed by atoms with Crippen LogP contribution in [-0.4, -0.2) is 24.1 Å². The first-order chi connectivity index (χ1) is 6.74. The molecule has 1 heterocycles. The lowest BCUT2D eigenvalue weighted by Crippen LogP contribution is -2.13. The molecule has 0 aliphatic carbocycles. The van der Waals surface area contributed by atoms with E-state index < -0.39 is 0 Å². The zero-order valence-corrected chi connectivity index (χ0v) is 8.97. The lowest BCUT2D eigenvalue weighted by molar-refractivity contribution is -0.143. The third-order valence-electron chi connectivity index (χ3n) is 1.78. The minimum atomic E-state index is -0.191. The topological polar surface area (TPSA) is 65.2 Å². The number of hydrogen-bond donors (Lipinski definition) is 1. The third-order valence-corrected chi connectivity index (χ3v) is 2.78. The van der Waals surface area contributed by atoms with Gasteiger partial charge in [0.2, 0.25) is 0 Å². The number of nitrogens with two attached hydrogens (primary N) is 1. The van der Waals surface area contributed by atoms with Crippen LogP contribution in [0.1, 0.15) is 17.0 Å². The number of aryl methyl sites for hydroxylation is 2. The Kier molecular flexibility index (Phi) is 4.55. The first kappa shape index (κ1) is 11.1. The minimum absolute atomic E-state index is 0.191. The fourth-order valence-electron chi connectivity index (χ4n) is 1.03. The predicted octanol–water partition coefficient (Wildman–Crippen LogP) is 0.886. The molecule has 14 heavy (non-hydrogen) atoms. The summed E-state index contributed by atoms with van der Waals surface area (Å²) >= 11 is 1.57. The number of aromatic nitrogens is 1. The van der Waals surface area contributed by atoms with Crippen molar-refractivity contribution in [2.75, 3.05) is 13.2 Å². The van der Waals surface area contributed by atoms with Crippen LogP contribution in [0.25, 0.3) is 0 Å². The molecule has 0 unspecified atom stereocenters. The van der Waals surface area contributed by atoms with E-state index in [1.165, 1.54) is 0 Å². The van der Waals surface area contributed by atoms with Gasteiger partial charge in [-0.25, -0.2) is 4.98 Å². The van der Waals surface area contributed by atoms with Crippen molar-refractivity contribution in [3.8, 4) is 0 Å². The quantitative estimate of drug-likeness (QED) is 0.739. The molecule has 0 saturated heterocycles. The summed E-state index contributed by atoms with van der Waals surface area (Å²) in [6.45, 7) is 2.63. The highest BCUT2D eigenvalue weighted by Crippen LogP contribution is 2.14. The van der Waals surface area contributed by atoms with Crippen molar-refractivity contribution in [2.24, 2.45) is 5.73 Å². The smallest absolute Gasteiger partial charge is 0.306 e. The highest BCUT2D eigenvalue weighted by molar-refractivity contribution is 7.09. The Bertz CT molecular complexity index is 299. The molecule has 0 saturated carbocycles. The van der Waals surface area contributed by atoms with Crippen LogP contribution in [0.15, 0.2) is 5.51 Å². The first-order valence-corrected chi connectivity index (χ1v) is 5.36. The Morgan fingerprint density at radius 1 is 1.71 bits per heavy atom. The highest BCUT2D eigenvalue weighted by Gasteiger charge is 2.06. The lowest BCUT2D eigenvalue weighted by Gasteiger charge is -2.01. The third kappa shape index (κ3) is 3.43. The molecule has 0 aliphatic rings. The Morgan fingerprint density at radius 3 is 3.07 bits per heavy atom. The Morgan fingerprint density at radius 2 is 2.50 bits per heavy atom. The zero-order chi connectivity index (χ0) is 10.4. The SMILES string of the molecule is Cc1ncsc1CCC(=O)OCCN. The second kappa shape index (κ2) is 5.72. The number of nitrogens with zero attached hydrogens (tertiary/aromatic N) is 1. The van der Waals surface area contributed by atoms with Crippen LogP contribution >= 0.6 is 11.3 Å². The number of carbonyl (C=O) groups is 1. The van der Waals surface area contributed by atoms with Gasteiger partial charge in [0.1, 0.15) is 6.61 Å². The molecule has 0 aliphatic heterocycles. The van der Waals surface area contributed by atoms with Crippen molar-refractivity contribution in [1.29, 1.82) is 0 Å². The molecule has 5 heteroatoms. The summed E-state index contributed by atoms with van der Waals surface area (Å²) in [5.74, 6) is -0.191. The highest BCUT2D eigenvalue weighted by atomic mass is 32.1. The monoisotopic (exact) mass is 214 g/mol. The molecule has 0 aromatic carbocycles. The van der Waals surface area contributed by atoms with Gasteiger partial charge in [-0.3, -0.25) is 4.79 Å². The van der Waals surface area contributed by atoms with Crippen LogP contribution in [0, 0.1) is 6.92 Å². The first-order valence-electron chi connectivity index (χ1n) is 4.48. The average Bonchev–Trinajstić information content (AvgIpc) is 2.58. The van der Waals surface area contributed by atoms with Crippen LogP contribution < -0.4 is 5.73 Å². The molecule has 4 nitrogen and oxygen atoms in total. The molecule has 0 fully saturated rings. The summed E-state index contributed by atoms with van der Waals surface area (Å²) in [4.78, 5) is 16.4. The molecule has 1 aromatic rings. The largest absolute Gasteiger partial charge is 0.464 e. The second-order valence-electron chi connectivity index (χ2n) is 2.87. The van der Waals surface area contributed by atoms with Crippen molar-refractivity contribution in [3.63, 3.8) is 0 Å². The van der Waals surface area contributed by atoms with Crippen molar-refractivity contribution in [2.45, 2.75) is 19.8 Å². The van der Waals surface area contributed by atoms with E-state index in [1.54, 1.807) is 16.8 Å². The van der Waals surface area contributed by atoms with Gasteiger partial charge in [-0.1, -0.05) is 0 Å². The molecule has 0 spiro atoms. The van der Waals surface area contributed by atoms with Gasteiger partial charge in [0, 0.05) is 11.4 Å². The number of ether oxygens (including phenoxy) is 1. The van der Waals surface area contributed by atoms with Crippen LogP contribution in [0.4, 0.5) is 0 Å². The zero-order valence-electron chi connectivity index (χ0n) is 8.16. The minimum Gasteiger partial charge on any atom is -0.464 e. The summed E-state index contributed by atoms with van der Waals surface area (Å²) in [5, 5.41) is 0. The van der Waals surface area contributed by atoms with E-state index in [4.69, 9.17) is 10.5 Å². The number of hydrogen-bond acceptors (Lipinski definition) is 5. The van der Waals surface area contributed by atoms with Gasteiger partial charge < -0.3 is 10.5 Å². The predicted molar refractivity (Wildman–Crippen MR) is 55.2 cm³/mol. The van der Waals surface area contributed by atoms with E-state index in [2.05, 4.69) is 4.98 Å².